The molecule has 0 spiro atoms. The Kier molecular flexibility index (Phi) is 5.93. The molecular weight excluding hydrogens is 190 g/mol. The molecule has 1 aromatic carbocycles. The number of hydrogen-bond acceptors (Lipinski definition) is 3. The molecule has 0 radical (unpaired) electrons. The van der Waals surface area contributed by atoms with Crippen molar-refractivity contribution in [3.05, 3.63) is 28.8 Å². The molecule has 4 heteroatoms. The third-order valence-electron chi connectivity index (χ3n) is 1.18. The standard InChI is InChI=1S/C7H6ClNO.C2H6O/c8-6-2-1-5(4-10)7(9)3-6;1-3-2/h1-4H,9H2;1-2H3. The number of nitrogens with two attached hydrogens (primary N) is 1. The van der Waals surface area contributed by atoms with Crippen LogP contribution in [0.4, 0.5) is 5.69 Å². The lowest BCUT2D eigenvalue weighted by Gasteiger charge is -1.96. The molecule has 13 heavy (non-hydrogen) atoms. The number of carbonyl (C=O) groups excluding carboxylic acids is 1. The molecule has 1 rings (SSSR count). The Hall–Kier alpha value is -1.06. The SMILES string of the molecule is COC.Nc1cc(Cl)ccc1C=O. The average molecular weight is 202 g/mol. The Bertz CT molecular complexity index is 276. The van der Waals surface area contributed by atoms with Crippen molar-refractivity contribution >= 4 is 23.6 Å². The van der Waals surface area contributed by atoms with Crippen LogP contribution in [0.1, 0.15) is 10.4 Å². The number of nitrogen functional groups attached to an aromatic ring is 1. The summed E-state index contributed by atoms with van der Waals surface area (Å²) >= 11 is 5.58. The molecule has 0 aromatic heterocycles. The summed E-state index contributed by atoms with van der Waals surface area (Å²) in [7, 11) is 3.25. The molecule has 0 unspecified atom stereocenters. The van der Waals surface area contributed by atoms with Crippen molar-refractivity contribution in [2.45, 2.75) is 0 Å². The Labute approximate surface area is 82.5 Å². The second kappa shape index (κ2) is 6.46. The summed E-state index contributed by atoms with van der Waals surface area (Å²) in [5.74, 6) is 0. The molecular formula is C9H12ClNO2. The Morgan fingerprint density at radius 2 is 2.00 bits per heavy atom. The second-order valence-corrected chi connectivity index (χ2v) is 2.74. The van der Waals surface area contributed by atoms with Crippen molar-refractivity contribution in [3.8, 4) is 0 Å². The van der Waals surface area contributed by atoms with Crippen molar-refractivity contribution in [3.63, 3.8) is 0 Å². The van der Waals surface area contributed by atoms with E-state index < -0.39 is 0 Å². The zero-order valence-electron chi connectivity index (χ0n) is 7.58. The third-order valence-corrected chi connectivity index (χ3v) is 1.41. The molecule has 3 nitrogen and oxygen atoms in total. The first kappa shape index (κ1) is 11.9. The van der Waals surface area contributed by atoms with Crippen molar-refractivity contribution in [1.82, 2.24) is 0 Å². The van der Waals surface area contributed by atoms with Gasteiger partial charge in [0.05, 0.1) is 0 Å². The zero-order chi connectivity index (χ0) is 10.3. The largest absolute Gasteiger partial charge is 0.398 e. The Balaban J connectivity index is 0.000000424. The van der Waals surface area contributed by atoms with Crippen molar-refractivity contribution in [2.24, 2.45) is 0 Å². The van der Waals surface area contributed by atoms with E-state index in [0.717, 1.165) is 0 Å². The normalized spacial score (nSPS) is 8.54. The minimum absolute atomic E-state index is 0.419. The number of anilines is 1. The minimum atomic E-state index is 0.419. The van der Waals surface area contributed by atoms with Crippen LogP contribution in [0.2, 0.25) is 5.02 Å². The Morgan fingerprint density at radius 3 is 2.38 bits per heavy atom. The maximum Gasteiger partial charge on any atom is 0.152 e. The maximum absolute atomic E-state index is 10.2. The van der Waals surface area contributed by atoms with Gasteiger partial charge in [-0.25, -0.2) is 0 Å². The van der Waals surface area contributed by atoms with Crippen molar-refractivity contribution in [2.75, 3.05) is 20.0 Å². The molecule has 72 valence electrons. The highest BCUT2D eigenvalue weighted by Crippen LogP contribution is 2.15. The van der Waals surface area contributed by atoms with Crippen LogP contribution < -0.4 is 5.73 Å². The molecule has 0 amide bonds. The fraction of sp³-hybridized carbons (Fsp3) is 0.222. The highest BCUT2D eigenvalue weighted by atomic mass is 35.5. The first-order chi connectivity index (χ1) is 6.15. The molecule has 2 N–H and O–H groups in total. The molecule has 0 bridgehead atoms. The van der Waals surface area contributed by atoms with Crippen molar-refractivity contribution in [1.29, 1.82) is 0 Å². The summed E-state index contributed by atoms with van der Waals surface area (Å²) < 4.78 is 4.25. The average Bonchev–Trinajstić information content (AvgIpc) is 2.06. The van der Waals surface area contributed by atoms with Gasteiger partial charge < -0.3 is 10.5 Å². The quantitative estimate of drug-likeness (QED) is 0.559. The number of carbonyl (C=O) groups is 1. The number of halogens is 1. The van der Waals surface area contributed by atoms with Gasteiger partial charge in [0, 0.05) is 30.5 Å². The van der Waals surface area contributed by atoms with Gasteiger partial charge in [-0.05, 0) is 18.2 Å². The summed E-state index contributed by atoms with van der Waals surface area (Å²) in [5, 5.41) is 0.545. The monoisotopic (exact) mass is 201 g/mol. The number of hydrogen-bond donors (Lipinski definition) is 1. The van der Waals surface area contributed by atoms with Gasteiger partial charge in [0.2, 0.25) is 0 Å². The molecule has 0 atom stereocenters. The molecule has 0 saturated carbocycles. The predicted molar refractivity (Wildman–Crippen MR) is 54.2 cm³/mol. The van der Waals surface area contributed by atoms with Gasteiger partial charge in [-0.2, -0.15) is 0 Å². The van der Waals surface area contributed by atoms with E-state index in [2.05, 4.69) is 4.74 Å². The van der Waals surface area contributed by atoms with Crippen molar-refractivity contribution < 1.29 is 9.53 Å². The second-order valence-electron chi connectivity index (χ2n) is 2.30. The first-order valence-corrected chi connectivity index (χ1v) is 3.93. The van der Waals surface area contributed by atoms with E-state index in [1.165, 1.54) is 0 Å². The van der Waals surface area contributed by atoms with E-state index in [9.17, 15) is 4.79 Å². The van der Waals surface area contributed by atoms with E-state index in [4.69, 9.17) is 17.3 Å². The number of rotatable bonds is 1. The predicted octanol–water partition coefficient (Wildman–Crippen LogP) is 2.00. The van der Waals surface area contributed by atoms with Gasteiger partial charge >= 0.3 is 0 Å². The van der Waals surface area contributed by atoms with Crippen LogP contribution in [-0.4, -0.2) is 20.5 Å². The lowest BCUT2D eigenvalue weighted by Crippen LogP contribution is -1.91. The first-order valence-electron chi connectivity index (χ1n) is 3.56. The van der Waals surface area contributed by atoms with Gasteiger partial charge in [-0.1, -0.05) is 11.6 Å². The zero-order valence-corrected chi connectivity index (χ0v) is 8.34. The maximum atomic E-state index is 10.2. The fourth-order valence-corrected chi connectivity index (χ4v) is 0.833. The highest BCUT2D eigenvalue weighted by Gasteiger charge is 1.95. The Morgan fingerprint density at radius 1 is 1.46 bits per heavy atom. The lowest BCUT2D eigenvalue weighted by atomic mass is 10.2. The molecule has 0 saturated heterocycles. The minimum Gasteiger partial charge on any atom is -0.398 e. The number of methoxy groups -OCH3 is 1. The fourth-order valence-electron chi connectivity index (χ4n) is 0.653. The van der Waals surface area contributed by atoms with Crippen LogP contribution in [0, 0.1) is 0 Å². The molecule has 1 aromatic rings. The van der Waals surface area contributed by atoms with E-state index >= 15 is 0 Å². The van der Waals surface area contributed by atoms with Crippen LogP contribution in [-0.2, 0) is 4.74 Å². The van der Waals surface area contributed by atoms with Gasteiger partial charge in [0.25, 0.3) is 0 Å². The van der Waals surface area contributed by atoms with Crippen LogP contribution in [0.3, 0.4) is 0 Å². The molecule has 0 aliphatic heterocycles. The van der Waals surface area contributed by atoms with Gasteiger partial charge in [0.15, 0.2) is 6.29 Å². The molecule has 0 aliphatic carbocycles. The van der Waals surface area contributed by atoms with Crippen LogP contribution in [0.5, 0.6) is 0 Å². The van der Waals surface area contributed by atoms with Crippen LogP contribution in [0.25, 0.3) is 0 Å². The smallest absolute Gasteiger partial charge is 0.152 e. The molecule has 0 aliphatic rings. The molecule has 0 fully saturated rings. The number of ether oxygens (including phenoxy) is 1. The summed E-state index contributed by atoms with van der Waals surface area (Å²) in [5.41, 5.74) is 6.31. The number of benzene rings is 1. The van der Waals surface area contributed by atoms with Gasteiger partial charge in [-0.15, -0.1) is 0 Å². The van der Waals surface area contributed by atoms with Crippen LogP contribution in [0.15, 0.2) is 18.2 Å². The lowest BCUT2D eigenvalue weighted by molar-refractivity contribution is 0.112. The third kappa shape index (κ3) is 4.50. The number of aldehydes is 1. The van der Waals surface area contributed by atoms with E-state index in [1.807, 2.05) is 0 Å². The summed E-state index contributed by atoms with van der Waals surface area (Å²) in [6, 6.07) is 4.76. The summed E-state index contributed by atoms with van der Waals surface area (Å²) in [4.78, 5) is 10.2. The van der Waals surface area contributed by atoms with E-state index in [0.29, 0.717) is 22.6 Å². The van der Waals surface area contributed by atoms with E-state index in [1.54, 1.807) is 32.4 Å². The van der Waals surface area contributed by atoms with Gasteiger partial charge in [-0.3, -0.25) is 4.79 Å². The van der Waals surface area contributed by atoms with E-state index in [-0.39, 0.29) is 0 Å². The van der Waals surface area contributed by atoms with Gasteiger partial charge in [0.1, 0.15) is 0 Å². The summed E-state index contributed by atoms with van der Waals surface area (Å²) in [6.07, 6.45) is 0.700. The molecule has 0 heterocycles. The summed E-state index contributed by atoms with van der Waals surface area (Å²) in [6.45, 7) is 0. The van der Waals surface area contributed by atoms with Crippen LogP contribution >= 0.6 is 11.6 Å². The topological polar surface area (TPSA) is 52.3 Å². The highest BCUT2D eigenvalue weighted by molar-refractivity contribution is 6.31.